The van der Waals surface area contributed by atoms with Gasteiger partial charge >= 0.3 is 0 Å². The largest absolute Gasteiger partial charge is 0.481 e. The number of ether oxygens (including phenoxy) is 1. The molecule has 1 saturated carbocycles. The van der Waals surface area contributed by atoms with Crippen LogP contribution in [0, 0.1) is 0 Å². The number of fused-ring (bicyclic) bond motifs is 1. The minimum absolute atomic E-state index is 0.508. The minimum atomic E-state index is 0.508. The lowest BCUT2D eigenvalue weighted by Crippen LogP contribution is -2.05. The van der Waals surface area contributed by atoms with Crippen molar-refractivity contribution in [3.8, 4) is 17.3 Å². The topological polar surface area (TPSA) is 88.6 Å². The standard InChI is InChI=1S/C14H14N6O/c1-21-10-5-2-8(6-15-10)12-19-13-11(16-7-17-13)14(20-12)18-9-3-4-9/h2,5-7,9H,3-4H2,1H3,(H2,16,17,18,19,20). The Balaban J connectivity index is 1.79. The van der Waals surface area contributed by atoms with Gasteiger partial charge in [0, 0.05) is 23.9 Å². The Morgan fingerprint density at radius 1 is 1.24 bits per heavy atom. The third-order valence-corrected chi connectivity index (χ3v) is 3.41. The van der Waals surface area contributed by atoms with E-state index in [1.54, 1.807) is 25.7 Å². The maximum absolute atomic E-state index is 5.07. The first-order valence-electron chi connectivity index (χ1n) is 6.81. The average molecular weight is 282 g/mol. The van der Waals surface area contributed by atoms with Crippen molar-refractivity contribution < 1.29 is 4.74 Å². The summed E-state index contributed by atoms with van der Waals surface area (Å²) in [4.78, 5) is 20.6. The lowest BCUT2D eigenvalue weighted by Gasteiger charge is -2.07. The first-order chi connectivity index (χ1) is 10.3. The van der Waals surface area contributed by atoms with E-state index in [4.69, 9.17) is 4.74 Å². The average Bonchev–Trinajstić information content (AvgIpc) is 3.21. The second-order valence-electron chi connectivity index (χ2n) is 5.00. The molecular formula is C14H14N6O. The van der Waals surface area contributed by atoms with Crippen LogP contribution in [0.5, 0.6) is 5.88 Å². The second kappa shape index (κ2) is 4.69. The van der Waals surface area contributed by atoms with Crippen molar-refractivity contribution in [2.24, 2.45) is 0 Å². The Bertz CT molecular complexity index is 778. The monoisotopic (exact) mass is 282 g/mol. The van der Waals surface area contributed by atoms with E-state index in [0.717, 1.165) is 16.9 Å². The first-order valence-corrected chi connectivity index (χ1v) is 6.81. The first kappa shape index (κ1) is 12.1. The number of imidazole rings is 1. The molecule has 106 valence electrons. The summed E-state index contributed by atoms with van der Waals surface area (Å²) >= 11 is 0. The second-order valence-corrected chi connectivity index (χ2v) is 5.00. The number of hydrogen-bond acceptors (Lipinski definition) is 6. The van der Waals surface area contributed by atoms with Gasteiger partial charge in [-0.05, 0) is 18.9 Å². The van der Waals surface area contributed by atoms with Crippen molar-refractivity contribution in [2.75, 3.05) is 12.4 Å². The SMILES string of the molecule is COc1ccc(-c2nc(NC3CC3)c3[nH]cnc3n2)cn1. The number of rotatable bonds is 4. The Hall–Kier alpha value is -2.70. The number of H-pyrrole nitrogens is 1. The van der Waals surface area contributed by atoms with Crippen molar-refractivity contribution in [1.29, 1.82) is 0 Å². The molecule has 0 radical (unpaired) electrons. The highest BCUT2D eigenvalue weighted by Gasteiger charge is 2.23. The molecule has 0 unspecified atom stereocenters. The fourth-order valence-electron chi connectivity index (χ4n) is 2.12. The Morgan fingerprint density at radius 2 is 2.14 bits per heavy atom. The molecule has 4 rings (SSSR count). The molecule has 2 N–H and O–H groups in total. The number of nitrogens with zero attached hydrogens (tertiary/aromatic N) is 4. The van der Waals surface area contributed by atoms with E-state index in [1.807, 2.05) is 6.07 Å². The number of anilines is 1. The number of hydrogen-bond donors (Lipinski definition) is 2. The van der Waals surface area contributed by atoms with Crippen LogP contribution in [0.3, 0.4) is 0 Å². The van der Waals surface area contributed by atoms with Gasteiger partial charge in [0.1, 0.15) is 5.52 Å². The van der Waals surface area contributed by atoms with Crippen LogP contribution in [0.25, 0.3) is 22.6 Å². The third kappa shape index (κ3) is 2.26. The van der Waals surface area contributed by atoms with Crippen molar-refractivity contribution >= 4 is 17.0 Å². The molecule has 7 nitrogen and oxygen atoms in total. The molecule has 0 saturated heterocycles. The number of nitrogens with one attached hydrogen (secondary N) is 2. The quantitative estimate of drug-likeness (QED) is 0.761. The van der Waals surface area contributed by atoms with E-state index in [-0.39, 0.29) is 0 Å². The summed E-state index contributed by atoms with van der Waals surface area (Å²) in [6.07, 6.45) is 5.69. The minimum Gasteiger partial charge on any atom is -0.481 e. The highest BCUT2D eigenvalue weighted by Crippen LogP contribution is 2.28. The molecule has 21 heavy (non-hydrogen) atoms. The summed E-state index contributed by atoms with van der Waals surface area (Å²) in [6, 6.07) is 4.19. The van der Waals surface area contributed by atoms with Crippen LogP contribution in [0.4, 0.5) is 5.82 Å². The summed E-state index contributed by atoms with van der Waals surface area (Å²) < 4.78 is 5.07. The van der Waals surface area contributed by atoms with Gasteiger partial charge in [-0.1, -0.05) is 0 Å². The van der Waals surface area contributed by atoms with Gasteiger partial charge in [0.25, 0.3) is 0 Å². The van der Waals surface area contributed by atoms with Crippen LogP contribution in [-0.2, 0) is 0 Å². The van der Waals surface area contributed by atoms with Gasteiger partial charge in [-0.15, -0.1) is 0 Å². The van der Waals surface area contributed by atoms with E-state index in [2.05, 4.69) is 30.2 Å². The highest BCUT2D eigenvalue weighted by molar-refractivity contribution is 5.84. The number of aromatic amines is 1. The van der Waals surface area contributed by atoms with Crippen LogP contribution in [-0.4, -0.2) is 38.1 Å². The highest BCUT2D eigenvalue weighted by atomic mass is 16.5. The summed E-state index contributed by atoms with van der Waals surface area (Å²) in [5.74, 6) is 1.97. The van der Waals surface area contributed by atoms with Crippen LogP contribution < -0.4 is 10.1 Å². The summed E-state index contributed by atoms with van der Waals surface area (Å²) in [7, 11) is 1.59. The maximum atomic E-state index is 5.07. The molecule has 0 bridgehead atoms. The van der Waals surface area contributed by atoms with E-state index in [1.165, 1.54) is 12.8 Å². The summed E-state index contributed by atoms with van der Waals surface area (Å²) in [5, 5.41) is 3.41. The van der Waals surface area contributed by atoms with Crippen molar-refractivity contribution in [2.45, 2.75) is 18.9 Å². The van der Waals surface area contributed by atoms with Crippen LogP contribution in [0.2, 0.25) is 0 Å². The Labute approximate surface area is 120 Å². The molecule has 7 heteroatoms. The predicted octanol–water partition coefficient (Wildman–Crippen LogP) is 2.00. The van der Waals surface area contributed by atoms with Gasteiger partial charge < -0.3 is 15.0 Å². The fourth-order valence-corrected chi connectivity index (χ4v) is 2.12. The van der Waals surface area contributed by atoms with Gasteiger partial charge in [0.2, 0.25) is 5.88 Å². The lowest BCUT2D eigenvalue weighted by molar-refractivity contribution is 0.398. The normalized spacial score (nSPS) is 14.3. The molecule has 0 spiro atoms. The van der Waals surface area contributed by atoms with Gasteiger partial charge in [-0.25, -0.2) is 19.9 Å². The fraction of sp³-hybridized carbons (Fsp3) is 0.286. The molecule has 0 aromatic carbocycles. The number of pyridine rings is 1. The Morgan fingerprint density at radius 3 is 2.86 bits per heavy atom. The number of aromatic nitrogens is 5. The van der Waals surface area contributed by atoms with E-state index in [9.17, 15) is 0 Å². The van der Waals surface area contributed by atoms with Crippen molar-refractivity contribution in [3.05, 3.63) is 24.7 Å². The maximum Gasteiger partial charge on any atom is 0.212 e. The smallest absolute Gasteiger partial charge is 0.212 e. The zero-order chi connectivity index (χ0) is 14.2. The summed E-state index contributed by atoms with van der Waals surface area (Å²) in [5.41, 5.74) is 2.32. The Kier molecular flexibility index (Phi) is 2.70. The lowest BCUT2D eigenvalue weighted by atomic mass is 10.2. The van der Waals surface area contributed by atoms with Gasteiger partial charge in [0.05, 0.1) is 13.4 Å². The zero-order valence-corrected chi connectivity index (χ0v) is 11.5. The summed E-state index contributed by atoms with van der Waals surface area (Å²) in [6.45, 7) is 0. The molecule has 3 heterocycles. The molecular weight excluding hydrogens is 268 g/mol. The van der Waals surface area contributed by atoms with E-state index in [0.29, 0.717) is 23.4 Å². The molecule has 1 fully saturated rings. The van der Waals surface area contributed by atoms with Crippen LogP contribution in [0.1, 0.15) is 12.8 Å². The van der Waals surface area contributed by atoms with Crippen molar-refractivity contribution in [3.63, 3.8) is 0 Å². The van der Waals surface area contributed by atoms with Gasteiger partial charge in [-0.3, -0.25) is 0 Å². The van der Waals surface area contributed by atoms with Crippen molar-refractivity contribution in [1.82, 2.24) is 24.9 Å². The molecule has 1 aliphatic rings. The molecule has 3 aromatic heterocycles. The van der Waals surface area contributed by atoms with E-state index < -0.39 is 0 Å². The zero-order valence-electron chi connectivity index (χ0n) is 11.5. The van der Waals surface area contributed by atoms with Crippen LogP contribution >= 0.6 is 0 Å². The third-order valence-electron chi connectivity index (χ3n) is 3.41. The van der Waals surface area contributed by atoms with Gasteiger partial charge in [0.15, 0.2) is 17.3 Å². The molecule has 3 aromatic rings. The van der Waals surface area contributed by atoms with E-state index >= 15 is 0 Å². The molecule has 0 atom stereocenters. The predicted molar refractivity (Wildman–Crippen MR) is 78.1 cm³/mol. The number of methoxy groups -OCH3 is 1. The molecule has 0 aliphatic heterocycles. The molecule has 1 aliphatic carbocycles. The van der Waals surface area contributed by atoms with Crippen LogP contribution in [0.15, 0.2) is 24.7 Å². The molecule has 0 amide bonds. The van der Waals surface area contributed by atoms with Gasteiger partial charge in [-0.2, -0.15) is 0 Å².